The smallest absolute Gasteiger partial charge is 0.386 e. The predicted octanol–water partition coefficient (Wildman–Crippen LogP) is 7.95. The van der Waals surface area contributed by atoms with Crippen LogP contribution in [0.1, 0.15) is 42.0 Å². The number of hydrogen-bond donors (Lipinski definition) is 0. The Morgan fingerprint density at radius 3 is 1.07 bits per heavy atom. The number of rotatable bonds is 11. The summed E-state index contributed by atoms with van der Waals surface area (Å²) >= 11 is 0. The molecule has 4 aromatic carbocycles. The lowest BCUT2D eigenvalue weighted by Gasteiger charge is -2.43. The molecule has 0 unspecified atom stereocenters. The molecule has 0 aliphatic heterocycles. The van der Waals surface area contributed by atoms with Gasteiger partial charge >= 0.3 is 7.32 Å². The molecule has 42 heavy (non-hydrogen) atoms. The Morgan fingerprint density at radius 1 is 0.500 bits per heavy atom. The van der Waals surface area contributed by atoms with E-state index in [2.05, 4.69) is 0 Å². The van der Waals surface area contributed by atoms with Gasteiger partial charge in [0.2, 0.25) is 0 Å². The highest BCUT2D eigenvalue weighted by atomic mass is 19.2. The molecule has 4 rings (SSSR count). The summed E-state index contributed by atoms with van der Waals surface area (Å²) in [5, 5.41) is 0. The van der Waals surface area contributed by atoms with Gasteiger partial charge in [-0.1, -0.05) is 0 Å². The number of hydrogen-bond acceptors (Lipinski definition) is 3. The lowest BCUT2D eigenvalue weighted by molar-refractivity contribution is 0.00382. The monoisotopic (exact) mass is 594 g/mol. The van der Waals surface area contributed by atoms with Crippen LogP contribution >= 0.6 is 0 Å². The highest BCUT2D eigenvalue weighted by Crippen LogP contribution is 2.51. The molecule has 0 saturated heterocycles. The van der Waals surface area contributed by atoms with Gasteiger partial charge in [-0.2, -0.15) is 0 Å². The molecule has 0 bridgehead atoms. The Kier molecular flexibility index (Phi) is 9.70. The van der Waals surface area contributed by atoms with Crippen molar-refractivity contribution < 1.29 is 49.1 Å². The average molecular weight is 594 g/mol. The van der Waals surface area contributed by atoms with Gasteiger partial charge < -0.3 is 14.0 Å². The van der Waals surface area contributed by atoms with Crippen molar-refractivity contribution >= 4 is 7.32 Å². The average Bonchev–Trinajstić information content (AvgIpc) is 2.86. The van der Waals surface area contributed by atoms with Crippen LogP contribution in [0.3, 0.4) is 0 Å². The summed E-state index contributed by atoms with van der Waals surface area (Å²) in [6, 6.07) is 8.18. The lowest BCUT2D eigenvalue weighted by atomic mass is 9.68. The molecule has 0 N–H and O–H groups in total. The molecule has 0 amide bonds. The molecule has 0 aliphatic carbocycles. The first-order chi connectivity index (χ1) is 19.9. The molecule has 0 aliphatic rings. The van der Waals surface area contributed by atoms with E-state index in [0.29, 0.717) is 24.3 Å². The topological polar surface area (TPSA) is 27.7 Å². The van der Waals surface area contributed by atoms with Crippen molar-refractivity contribution in [2.24, 2.45) is 0 Å². The Bertz CT molecular complexity index is 1380. The molecule has 3 nitrogen and oxygen atoms in total. The van der Waals surface area contributed by atoms with Crippen molar-refractivity contribution in [1.29, 1.82) is 0 Å². The Balaban J connectivity index is 2.25. The molecule has 0 fully saturated rings. The van der Waals surface area contributed by atoms with Gasteiger partial charge in [-0.15, -0.1) is 0 Å². The molecule has 12 heteroatoms. The molecular weight excluding hydrogens is 571 g/mol. The van der Waals surface area contributed by atoms with Crippen LogP contribution in [0.25, 0.3) is 0 Å². The molecule has 220 valence electrons. The zero-order valence-electron chi connectivity index (χ0n) is 22.2. The van der Waals surface area contributed by atoms with Gasteiger partial charge in [-0.3, -0.25) is 0 Å². The van der Waals surface area contributed by atoms with E-state index in [9.17, 15) is 35.1 Å². The van der Waals surface area contributed by atoms with E-state index in [-0.39, 0.29) is 24.3 Å². The summed E-state index contributed by atoms with van der Waals surface area (Å²) in [5.74, 6) is -11.1. The minimum absolute atomic E-state index is 0.0658. The van der Waals surface area contributed by atoms with Crippen LogP contribution in [0.15, 0.2) is 72.8 Å². The molecule has 0 heterocycles. The van der Waals surface area contributed by atoms with E-state index >= 15 is 0 Å². The third kappa shape index (κ3) is 6.83. The van der Waals surface area contributed by atoms with Crippen LogP contribution in [0.5, 0.6) is 0 Å². The lowest BCUT2D eigenvalue weighted by Crippen LogP contribution is -2.46. The molecule has 0 radical (unpaired) electrons. The van der Waals surface area contributed by atoms with E-state index in [1.165, 1.54) is 0 Å². The predicted molar refractivity (Wildman–Crippen MR) is 138 cm³/mol. The van der Waals surface area contributed by atoms with Crippen LogP contribution in [-0.2, 0) is 19.6 Å². The zero-order valence-corrected chi connectivity index (χ0v) is 22.2. The van der Waals surface area contributed by atoms with Crippen LogP contribution in [0.2, 0.25) is 0 Å². The molecule has 0 atom stereocenters. The van der Waals surface area contributed by atoms with Crippen LogP contribution in [-0.4, -0.2) is 20.5 Å². The highest BCUT2D eigenvalue weighted by Gasteiger charge is 2.50. The van der Waals surface area contributed by atoms with Crippen molar-refractivity contribution in [2.75, 3.05) is 13.2 Å². The summed E-state index contributed by atoms with van der Waals surface area (Å²) in [6.07, 6.45) is 0. The fraction of sp³-hybridized carbons (Fsp3) is 0.200. The Morgan fingerprint density at radius 2 is 0.786 bits per heavy atom. The van der Waals surface area contributed by atoms with Gasteiger partial charge in [0.1, 0.15) is 52.1 Å². The number of benzene rings is 4. The van der Waals surface area contributed by atoms with Crippen LogP contribution in [0.4, 0.5) is 35.1 Å². The van der Waals surface area contributed by atoms with Crippen molar-refractivity contribution in [2.45, 2.75) is 25.4 Å². The first-order valence-electron chi connectivity index (χ1n) is 12.7. The Hall–Kier alpha value is -3.74. The van der Waals surface area contributed by atoms with Crippen molar-refractivity contribution in [3.05, 3.63) is 142 Å². The van der Waals surface area contributed by atoms with E-state index in [1.807, 2.05) is 0 Å². The minimum atomic E-state index is -2.61. The number of halogens is 8. The second kappa shape index (κ2) is 13.1. The van der Waals surface area contributed by atoms with Gasteiger partial charge in [0, 0.05) is 43.4 Å². The minimum Gasteiger partial charge on any atom is -0.386 e. The van der Waals surface area contributed by atoms with Gasteiger partial charge in [-0.05, 0) is 84.6 Å². The fourth-order valence-electron chi connectivity index (χ4n) is 4.93. The third-order valence-electron chi connectivity index (χ3n) is 6.31. The molecule has 4 aromatic rings. The van der Waals surface area contributed by atoms with E-state index < -0.39 is 76.5 Å². The molecule has 0 aromatic heterocycles. The van der Waals surface area contributed by atoms with E-state index in [1.54, 1.807) is 13.8 Å². The largest absolute Gasteiger partial charge is 0.640 e. The maximum Gasteiger partial charge on any atom is 0.640 e. The summed E-state index contributed by atoms with van der Waals surface area (Å²) in [6.45, 7) is 2.96. The van der Waals surface area contributed by atoms with Crippen molar-refractivity contribution in [3.8, 4) is 0 Å². The van der Waals surface area contributed by atoms with Crippen molar-refractivity contribution in [1.82, 2.24) is 0 Å². The summed E-state index contributed by atoms with van der Waals surface area (Å²) < 4.78 is 135. The second-order valence-corrected chi connectivity index (χ2v) is 9.21. The molecular formula is C30H23BF8O3. The summed E-state index contributed by atoms with van der Waals surface area (Å²) in [4.78, 5) is 0. The summed E-state index contributed by atoms with van der Waals surface area (Å²) in [7, 11) is -1.73. The highest BCUT2D eigenvalue weighted by molar-refractivity contribution is 6.36. The van der Waals surface area contributed by atoms with E-state index in [4.69, 9.17) is 14.0 Å². The van der Waals surface area contributed by atoms with Crippen LogP contribution < -0.4 is 0 Å². The van der Waals surface area contributed by atoms with Crippen LogP contribution in [0, 0.1) is 46.5 Å². The van der Waals surface area contributed by atoms with Gasteiger partial charge in [0.05, 0.1) is 0 Å². The van der Waals surface area contributed by atoms with Gasteiger partial charge in [0.15, 0.2) is 0 Å². The zero-order chi connectivity index (χ0) is 30.6. The SMILES string of the molecule is CCOB(OCC)OC(c1cc(F)cc(F)c1)(c1cc(F)cc(F)c1)C(c1cc(F)cc(F)c1)c1cc(F)cc(F)c1. The Labute approximate surface area is 236 Å². The van der Waals surface area contributed by atoms with E-state index in [0.717, 1.165) is 48.5 Å². The van der Waals surface area contributed by atoms with Gasteiger partial charge in [0.25, 0.3) is 0 Å². The van der Waals surface area contributed by atoms with Gasteiger partial charge in [-0.25, -0.2) is 35.1 Å². The molecule has 0 saturated carbocycles. The second-order valence-electron chi connectivity index (χ2n) is 9.21. The first-order valence-corrected chi connectivity index (χ1v) is 12.7. The first kappa shape index (κ1) is 31.2. The maximum absolute atomic E-state index is 14.8. The quantitative estimate of drug-likeness (QED) is 0.130. The fourth-order valence-corrected chi connectivity index (χ4v) is 4.93. The van der Waals surface area contributed by atoms with Crippen molar-refractivity contribution in [3.63, 3.8) is 0 Å². The normalized spacial score (nSPS) is 11.8. The molecule has 0 spiro atoms. The standard InChI is InChI=1S/C30H23BF8O3/c1-3-40-31(41-4-2)42-30(19-9-25(36)15-26(37)10-19,20-11-27(38)16-28(39)12-20)29(17-5-21(32)13-22(33)6-17)18-7-23(34)14-24(35)8-18/h5-16,29H,3-4H2,1-2H3. The maximum atomic E-state index is 14.8. The third-order valence-corrected chi connectivity index (χ3v) is 6.31. The summed E-state index contributed by atoms with van der Waals surface area (Å²) in [5.41, 5.74) is -4.35.